The first-order valence-corrected chi connectivity index (χ1v) is 7.43. The van der Waals surface area contributed by atoms with Crippen LogP contribution >= 0.6 is 11.3 Å². The Morgan fingerprint density at radius 2 is 2.15 bits per heavy atom. The second kappa shape index (κ2) is 5.25. The molecule has 1 heterocycles. The molecule has 4 nitrogen and oxygen atoms in total. The van der Waals surface area contributed by atoms with Crippen LogP contribution in [0.15, 0.2) is 24.3 Å². The number of carbonyl (C=O) groups is 1. The van der Waals surface area contributed by atoms with Crippen molar-refractivity contribution in [1.29, 1.82) is 0 Å². The Labute approximate surface area is 121 Å². The third kappa shape index (κ3) is 2.41. The largest absolute Gasteiger partial charge is 0.508 e. The standard InChI is InChI=1S/C15H15NO3S/c1-2-19-15(18)10-7-12-13(8-10)20-14(16-12)9-3-5-11(17)6-4-9/h3-6,10,17H,2,7-8H2,1H3. The van der Waals surface area contributed by atoms with Crippen molar-refractivity contribution in [3.8, 4) is 16.3 Å². The molecule has 0 amide bonds. The maximum atomic E-state index is 11.7. The summed E-state index contributed by atoms with van der Waals surface area (Å²) in [5.41, 5.74) is 2.01. The predicted molar refractivity (Wildman–Crippen MR) is 76.7 cm³/mol. The van der Waals surface area contributed by atoms with Crippen LogP contribution in [0.4, 0.5) is 0 Å². The molecule has 20 heavy (non-hydrogen) atoms. The average molecular weight is 289 g/mol. The van der Waals surface area contributed by atoms with Gasteiger partial charge in [-0.05, 0) is 37.6 Å². The first-order valence-electron chi connectivity index (χ1n) is 6.62. The fraction of sp³-hybridized carbons (Fsp3) is 0.333. The molecule has 1 N–H and O–H groups in total. The highest BCUT2D eigenvalue weighted by atomic mass is 32.1. The molecule has 1 aromatic carbocycles. The topological polar surface area (TPSA) is 59.4 Å². The molecule has 1 unspecified atom stereocenters. The average Bonchev–Trinajstić information content (AvgIpc) is 2.98. The van der Waals surface area contributed by atoms with Gasteiger partial charge in [0.1, 0.15) is 10.8 Å². The number of ether oxygens (including phenoxy) is 1. The van der Waals surface area contributed by atoms with Crippen LogP contribution in [0.1, 0.15) is 17.5 Å². The molecule has 1 aliphatic rings. The summed E-state index contributed by atoms with van der Waals surface area (Å²) >= 11 is 1.62. The van der Waals surface area contributed by atoms with Gasteiger partial charge >= 0.3 is 5.97 Å². The predicted octanol–water partition coefficient (Wildman–Crippen LogP) is 2.79. The molecular weight excluding hydrogens is 274 g/mol. The Balaban J connectivity index is 1.77. The molecule has 1 atom stereocenters. The second-order valence-electron chi connectivity index (χ2n) is 4.79. The van der Waals surface area contributed by atoms with Gasteiger partial charge in [0.25, 0.3) is 0 Å². The van der Waals surface area contributed by atoms with E-state index in [1.54, 1.807) is 23.5 Å². The molecule has 0 fully saturated rings. The molecule has 0 saturated carbocycles. The van der Waals surface area contributed by atoms with Crippen LogP contribution in [0.3, 0.4) is 0 Å². The maximum absolute atomic E-state index is 11.7. The van der Waals surface area contributed by atoms with Crippen LogP contribution in [0.2, 0.25) is 0 Å². The number of hydrogen-bond acceptors (Lipinski definition) is 5. The highest BCUT2D eigenvalue weighted by Gasteiger charge is 2.31. The van der Waals surface area contributed by atoms with Gasteiger partial charge in [-0.1, -0.05) is 0 Å². The summed E-state index contributed by atoms with van der Waals surface area (Å²) in [6, 6.07) is 7.02. The van der Waals surface area contributed by atoms with Crippen molar-refractivity contribution in [3.63, 3.8) is 0 Å². The summed E-state index contributed by atoms with van der Waals surface area (Å²) in [7, 11) is 0. The van der Waals surface area contributed by atoms with E-state index in [0.29, 0.717) is 13.0 Å². The lowest BCUT2D eigenvalue weighted by molar-refractivity contribution is -0.147. The molecule has 0 aliphatic heterocycles. The minimum Gasteiger partial charge on any atom is -0.508 e. The van der Waals surface area contributed by atoms with Crippen LogP contribution in [-0.4, -0.2) is 22.7 Å². The minimum atomic E-state index is -0.121. The van der Waals surface area contributed by atoms with Crippen molar-refractivity contribution in [2.24, 2.45) is 5.92 Å². The van der Waals surface area contributed by atoms with Crippen molar-refractivity contribution in [3.05, 3.63) is 34.8 Å². The molecule has 3 rings (SSSR count). The van der Waals surface area contributed by atoms with Gasteiger partial charge < -0.3 is 9.84 Å². The number of aromatic hydroxyl groups is 1. The molecule has 104 valence electrons. The number of benzene rings is 1. The second-order valence-corrected chi connectivity index (χ2v) is 5.88. The first-order chi connectivity index (χ1) is 9.67. The van der Waals surface area contributed by atoms with Crippen molar-refractivity contribution >= 4 is 17.3 Å². The molecule has 0 radical (unpaired) electrons. The molecule has 0 spiro atoms. The van der Waals surface area contributed by atoms with E-state index in [1.807, 2.05) is 19.1 Å². The summed E-state index contributed by atoms with van der Waals surface area (Å²) in [6.07, 6.45) is 1.40. The number of carbonyl (C=O) groups excluding carboxylic acids is 1. The van der Waals surface area contributed by atoms with Crippen molar-refractivity contribution in [1.82, 2.24) is 4.98 Å². The summed E-state index contributed by atoms with van der Waals surface area (Å²) in [4.78, 5) is 17.5. The Hall–Kier alpha value is -1.88. The van der Waals surface area contributed by atoms with Crippen LogP contribution in [0.5, 0.6) is 5.75 Å². The van der Waals surface area contributed by atoms with Crippen LogP contribution in [0, 0.1) is 5.92 Å². The van der Waals surface area contributed by atoms with E-state index in [0.717, 1.165) is 22.7 Å². The van der Waals surface area contributed by atoms with Gasteiger partial charge in [0.15, 0.2) is 0 Å². The Morgan fingerprint density at radius 3 is 2.80 bits per heavy atom. The number of esters is 1. The molecular formula is C15H15NO3S. The lowest BCUT2D eigenvalue weighted by Gasteiger charge is -2.07. The third-order valence-electron chi connectivity index (χ3n) is 3.38. The summed E-state index contributed by atoms with van der Waals surface area (Å²) in [5, 5.41) is 10.2. The number of thiazole rings is 1. The van der Waals surface area contributed by atoms with Crippen LogP contribution in [-0.2, 0) is 22.4 Å². The Kier molecular flexibility index (Phi) is 3.44. The molecule has 5 heteroatoms. The summed E-state index contributed by atoms with van der Waals surface area (Å²) in [6.45, 7) is 2.25. The zero-order valence-corrected chi connectivity index (χ0v) is 11.9. The van der Waals surface area contributed by atoms with E-state index in [1.165, 1.54) is 4.88 Å². The number of nitrogens with zero attached hydrogens (tertiary/aromatic N) is 1. The normalized spacial score (nSPS) is 16.9. The van der Waals surface area contributed by atoms with Gasteiger partial charge in [0.05, 0.1) is 18.2 Å². The molecule has 0 saturated heterocycles. The highest BCUT2D eigenvalue weighted by Crippen LogP contribution is 2.36. The highest BCUT2D eigenvalue weighted by molar-refractivity contribution is 7.15. The van der Waals surface area contributed by atoms with E-state index >= 15 is 0 Å². The number of rotatable bonds is 3. The fourth-order valence-corrected chi connectivity index (χ4v) is 3.56. The minimum absolute atomic E-state index is 0.0717. The van der Waals surface area contributed by atoms with Crippen molar-refractivity contribution in [2.45, 2.75) is 19.8 Å². The van der Waals surface area contributed by atoms with E-state index in [2.05, 4.69) is 4.98 Å². The number of aromatic nitrogens is 1. The molecule has 2 aromatic rings. The van der Waals surface area contributed by atoms with Gasteiger partial charge in [-0.3, -0.25) is 4.79 Å². The van der Waals surface area contributed by atoms with E-state index < -0.39 is 0 Å². The van der Waals surface area contributed by atoms with Crippen molar-refractivity contribution in [2.75, 3.05) is 6.61 Å². The van der Waals surface area contributed by atoms with Crippen molar-refractivity contribution < 1.29 is 14.6 Å². The maximum Gasteiger partial charge on any atom is 0.309 e. The van der Waals surface area contributed by atoms with Gasteiger partial charge in [-0.2, -0.15) is 0 Å². The third-order valence-corrected chi connectivity index (χ3v) is 4.55. The summed E-state index contributed by atoms with van der Waals surface area (Å²) in [5.74, 6) is 0.0571. The van der Waals surface area contributed by atoms with Gasteiger partial charge in [-0.15, -0.1) is 11.3 Å². The lowest BCUT2D eigenvalue weighted by Crippen LogP contribution is -2.18. The quantitative estimate of drug-likeness (QED) is 0.883. The van der Waals surface area contributed by atoms with E-state index in [-0.39, 0.29) is 17.6 Å². The van der Waals surface area contributed by atoms with Gasteiger partial charge in [0.2, 0.25) is 0 Å². The van der Waals surface area contributed by atoms with E-state index in [9.17, 15) is 9.90 Å². The van der Waals surface area contributed by atoms with Crippen LogP contribution in [0.25, 0.3) is 10.6 Å². The number of phenols is 1. The van der Waals surface area contributed by atoms with Gasteiger partial charge in [0, 0.05) is 16.9 Å². The lowest BCUT2D eigenvalue weighted by atomic mass is 10.1. The SMILES string of the molecule is CCOC(=O)C1Cc2nc(-c3ccc(O)cc3)sc2C1. The number of hydrogen-bond donors (Lipinski definition) is 1. The Bertz CT molecular complexity index is 610. The first kappa shape index (κ1) is 13.1. The fourth-order valence-electron chi connectivity index (χ4n) is 2.39. The summed E-state index contributed by atoms with van der Waals surface area (Å²) < 4.78 is 5.06. The monoisotopic (exact) mass is 289 g/mol. The number of phenolic OH excluding ortho intramolecular Hbond substituents is 1. The zero-order chi connectivity index (χ0) is 14.1. The molecule has 1 aliphatic carbocycles. The van der Waals surface area contributed by atoms with Gasteiger partial charge in [-0.25, -0.2) is 4.98 Å². The zero-order valence-electron chi connectivity index (χ0n) is 11.1. The van der Waals surface area contributed by atoms with E-state index in [4.69, 9.17) is 4.74 Å². The smallest absolute Gasteiger partial charge is 0.309 e. The number of fused-ring (bicyclic) bond motifs is 1. The Morgan fingerprint density at radius 1 is 1.40 bits per heavy atom. The van der Waals surface area contributed by atoms with Crippen LogP contribution < -0.4 is 0 Å². The molecule has 1 aromatic heterocycles. The molecule has 0 bridgehead atoms.